The number of nitrogens with one attached hydrogen (secondary N) is 2. The van der Waals surface area contributed by atoms with Gasteiger partial charge in [0.1, 0.15) is 12.1 Å². The summed E-state index contributed by atoms with van der Waals surface area (Å²) in [6.07, 6.45) is 0.934. The van der Waals surface area contributed by atoms with E-state index in [0.29, 0.717) is 25.9 Å². The molecule has 2 aromatic rings. The summed E-state index contributed by atoms with van der Waals surface area (Å²) < 4.78 is 10.7. The summed E-state index contributed by atoms with van der Waals surface area (Å²) in [7, 11) is 0. The van der Waals surface area contributed by atoms with Gasteiger partial charge in [-0.2, -0.15) is 0 Å². The van der Waals surface area contributed by atoms with Crippen LogP contribution in [0.15, 0.2) is 48.5 Å². The van der Waals surface area contributed by atoms with Crippen LogP contribution >= 0.6 is 23.2 Å². The molecule has 2 heterocycles. The standard InChI is InChI=1S/2C12H17ClN2O.2C8H15NO3/c2*13-11-3-1-10(2-4-11)12(9-14)15-5-7-16-8-6-15;2*1-5(2)4-7(8(11)12)9-6(3)10/h2*1-4,12H,5-9,14H2;2*5,7H,4H2,1-3H3,(H,9,10)(H,11,12)/t12-;;2*7-/m1.00/s1. The Bertz CT molecular complexity index is 1320. The van der Waals surface area contributed by atoms with Crippen molar-refractivity contribution < 1.29 is 38.9 Å². The zero-order chi connectivity index (χ0) is 42.2. The molecule has 0 aromatic heterocycles. The second-order valence-electron chi connectivity index (χ2n) is 14.3. The maximum absolute atomic E-state index is 10.6. The monoisotopic (exact) mass is 826 g/mol. The highest BCUT2D eigenvalue weighted by molar-refractivity contribution is 6.30. The molecule has 2 aliphatic heterocycles. The molecule has 2 aliphatic rings. The molecular formula is C40H64Cl2N6O8. The smallest absolute Gasteiger partial charge is 0.326 e. The Kier molecular flexibility index (Phi) is 25.5. The van der Waals surface area contributed by atoms with Crippen molar-refractivity contribution in [3.05, 3.63) is 69.7 Å². The van der Waals surface area contributed by atoms with Gasteiger partial charge in [-0.1, -0.05) is 75.2 Å². The maximum atomic E-state index is 10.6. The number of carbonyl (C=O) groups excluding carboxylic acids is 2. The Hall–Kier alpha value is -3.34. The average molecular weight is 828 g/mol. The van der Waals surface area contributed by atoms with E-state index in [1.54, 1.807) is 0 Å². The fraction of sp³-hybridized carbons (Fsp3) is 0.600. The van der Waals surface area contributed by atoms with Gasteiger partial charge in [0, 0.05) is 75.2 Å². The highest BCUT2D eigenvalue weighted by Gasteiger charge is 2.23. The third kappa shape index (κ3) is 21.3. The molecule has 0 radical (unpaired) electrons. The van der Waals surface area contributed by atoms with Crippen molar-refractivity contribution in [3.63, 3.8) is 0 Å². The SMILES string of the molecule is CC(=O)N[C@@H](CC(C)C)C(=O)O.CC(=O)N[C@@H](CC(C)C)C(=O)O.NCC(c1ccc(Cl)cc1)N1CCOCC1.NC[C@H](c1ccc(Cl)cc1)N1CCOCC1. The number of carbonyl (C=O) groups is 4. The van der Waals surface area contributed by atoms with E-state index >= 15 is 0 Å². The summed E-state index contributed by atoms with van der Waals surface area (Å²) in [5.41, 5.74) is 14.2. The van der Waals surface area contributed by atoms with E-state index in [-0.39, 0.29) is 35.7 Å². The van der Waals surface area contributed by atoms with Crippen LogP contribution in [-0.2, 0) is 28.7 Å². The molecule has 2 fully saturated rings. The first-order valence-electron chi connectivity index (χ1n) is 19.0. The highest BCUT2D eigenvalue weighted by atomic mass is 35.5. The average Bonchev–Trinajstić information content (AvgIpc) is 3.14. The van der Waals surface area contributed by atoms with Gasteiger partial charge in [0.15, 0.2) is 0 Å². The van der Waals surface area contributed by atoms with E-state index in [0.717, 1.165) is 62.7 Å². The van der Waals surface area contributed by atoms with Crippen LogP contribution in [0.25, 0.3) is 0 Å². The van der Waals surface area contributed by atoms with Crippen molar-refractivity contribution >= 4 is 47.0 Å². The Labute approximate surface area is 342 Å². The topological polar surface area (TPSA) is 210 Å². The van der Waals surface area contributed by atoms with E-state index in [4.69, 9.17) is 54.4 Å². The molecule has 2 aromatic carbocycles. The number of aliphatic carboxylic acids is 2. The molecule has 1 unspecified atom stereocenters. The van der Waals surface area contributed by atoms with Crippen molar-refractivity contribution in [2.45, 2.75) is 78.6 Å². The van der Waals surface area contributed by atoms with Gasteiger partial charge in [0.25, 0.3) is 0 Å². The summed E-state index contributed by atoms with van der Waals surface area (Å²) in [4.78, 5) is 47.0. The Morgan fingerprint density at radius 1 is 0.625 bits per heavy atom. The van der Waals surface area contributed by atoms with Gasteiger partial charge in [0.05, 0.1) is 26.4 Å². The number of benzene rings is 2. The maximum Gasteiger partial charge on any atom is 0.326 e. The summed E-state index contributed by atoms with van der Waals surface area (Å²) in [6, 6.07) is 14.9. The molecule has 4 rings (SSSR count). The Morgan fingerprint density at radius 3 is 1.12 bits per heavy atom. The van der Waals surface area contributed by atoms with Gasteiger partial charge >= 0.3 is 11.9 Å². The first kappa shape index (κ1) is 50.7. The first-order chi connectivity index (χ1) is 26.5. The number of ether oxygens (including phenoxy) is 2. The Morgan fingerprint density at radius 2 is 0.911 bits per heavy atom. The molecule has 56 heavy (non-hydrogen) atoms. The minimum Gasteiger partial charge on any atom is -0.480 e. The molecular weight excluding hydrogens is 763 g/mol. The van der Waals surface area contributed by atoms with Crippen molar-refractivity contribution in [3.8, 4) is 0 Å². The molecule has 0 bridgehead atoms. The van der Waals surface area contributed by atoms with Crippen LogP contribution in [0.3, 0.4) is 0 Å². The van der Waals surface area contributed by atoms with Gasteiger partial charge in [-0.15, -0.1) is 0 Å². The molecule has 0 saturated carbocycles. The predicted molar refractivity (Wildman–Crippen MR) is 221 cm³/mol. The third-order valence-corrected chi connectivity index (χ3v) is 9.20. The van der Waals surface area contributed by atoms with Gasteiger partial charge < -0.3 is 41.8 Å². The van der Waals surface area contributed by atoms with Crippen LogP contribution < -0.4 is 22.1 Å². The molecule has 8 N–H and O–H groups in total. The number of nitrogens with zero attached hydrogens (tertiary/aromatic N) is 2. The van der Waals surface area contributed by atoms with Gasteiger partial charge in [-0.05, 0) is 60.1 Å². The number of nitrogens with two attached hydrogens (primary N) is 2. The normalized spacial score (nSPS) is 16.6. The highest BCUT2D eigenvalue weighted by Crippen LogP contribution is 2.23. The zero-order valence-corrected chi connectivity index (χ0v) is 35.2. The van der Waals surface area contributed by atoms with Gasteiger partial charge in [-0.25, -0.2) is 9.59 Å². The fourth-order valence-corrected chi connectivity index (χ4v) is 6.27. The minimum atomic E-state index is -0.973. The molecule has 2 amide bonds. The van der Waals surface area contributed by atoms with E-state index in [2.05, 4.69) is 44.7 Å². The van der Waals surface area contributed by atoms with Crippen LogP contribution in [-0.4, -0.2) is 122 Å². The summed E-state index contributed by atoms with van der Waals surface area (Å²) in [5, 5.41) is 23.6. The van der Waals surface area contributed by atoms with Crippen LogP contribution in [0.1, 0.15) is 77.6 Å². The van der Waals surface area contributed by atoms with Crippen molar-refractivity contribution in [1.82, 2.24) is 20.4 Å². The van der Waals surface area contributed by atoms with Crippen LogP contribution in [0, 0.1) is 11.8 Å². The molecule has 2 saturated heterocycles. The quantitative estimate of drug-likeness (QED) is 0.155. The van der Waals surface area contributed by atoms with Crippen LogP contribution in [0.2, 0.25) is 10.0 Å². The van der Waals surface area contributed by atoms with E-state index in [9.17, 15) is 19.2 Å². The molecule has 16 heteroatoms. The number of hydrogen-bond acceptors (Lipinski definition) is 10. The molecule has 4 atom stereocenters. The fourth-order valence-electron chi connectivity index (χ4n) is 6.02. The molecule has 316 valence electrons. The van der Waals surface area contributed by atoms with E-state index < -0.39 is 24.0 Å². The van der Waals surface area contributed by atoms with E-state index in [1.807, 2.05) is 52.0 Å². The van der Waals surface area contributed by atoms with Crippen LogP contribution in [0.5, 0.6) is 0 Å². The van der Waals surface area contributed by atoms with Crippen LogP contribution in [0.4, 0.5) is 0 Å². The number of hydrogen-bond donors (Lipinski definition) is 6. The number of carboxylic acids is 2. The number of rotatable bonds is 14. The largest absolute Gasteiger partial charge is 0.480 e. The van der Waals surface area contributed by atoms with Crippen molar-refractivity contribution in [2.24, 2.45) is 23.3 Å². The first-order valence-corrected chi connectivity index (χ1v) is 19.8. The lowest BCUT2D eigenvalue weighted by molar-refractivity contribution is -0.142. The second-order valence-corrected chi connectivity index (χ2v) is 15.2. The van der Waals surface area contributed by atoms with Gasteiger partial charge in [-0.3, -0.25) is 19.4 Å². The molecule has 0 aliphatic carbocycles. The number of halogens is 2. The summed E-state index contributed by atoms with van der Waals surface area (Å²) >= 11 is 11.8. The Balaban J connectivity index is 0.000000378. The predicted octanol–water partition coefficient (Wildman–Crippen LogP) is 4.59. The summed E-state index contributed by atoms with van der Waals surface area (Å²) in [5.74, 6) is -2.03. The van der Waals surface area contributed by atoms with E-state index in [1.165, 1.54) is 25.0 Å². The third-order valence-electron chi connectivity index (χ3n) is 8.69. The second kappa shape index (κ2) is 28.1. The molecule has 14 nitrogen and oxygen atoms in total. The lowest BCUT2D eigenvalue weighted by atomic mass is 10.0. The van der Waals surface area contributed by atoms with Crippen molar-refractivity contribution in [2.75, 3.05) is 65.7 Å². The number of amides is 2. The summed E-state index contributed by atoms with van der Waals surface area (Å²) in [6.45, 7) is 18.5. The minimum absolute atomic E-state index is 0.262. The number of morpholine rings is 2. The lowest BCUT2D eigenvalue weighted by Gasteiger charge is -2.34. The lowest BCUT2D eigenvalue weighted by Crippen LogP contribution is -2.41. The van der Waals surface area contributed by atoms with Crippen molar-refractivity contribution in [1.29, 1.82) is 0 Å². The zero-order valence-electron chi connectivity index (χ0n) is 33.7. The number of carboxylic acid groups (broad SMARTS) is 2. The molecule has 0 spiro atoms. The van der Waals surface area contributed by atoms with Gasteiger partial charge in [0.2, 0.25) is 11.8 Å².